The average Bonchev–Trinajstić information content (AvgIpc) is 3.05. The molecule has 1 N–H and O–H groups in total. The van der Waals surface area contributed by atoms with Crippen LogP contribution in [0.4, 0.5) is 13.2 Å². The molecule has 0 aliphatic heterocycles. The quantitative estimate of drug-likeness (QED) is 0.915. The lowest BCUT2D eigenvalue weighted by molar-refractivity contribution is -0.195. The van der Waals surface area contributed by atoms with Crippen molar-refractivity contribution >= 4 is 5.97 Å². The van der Waals surface area contributed by atoms with Crippen molar-refractivity contribution in [1.29, 1.82) is 0 Å². The van der Waals surface area contributed by atoms with Gasteiger partial charge in [0.2, 0.25) is 0 Å². The van der Waals surface area contributed by atoms with Gasteiger partial charge >= 0.3 is 12.1 Å². The van der Waals surface area contributed by atoms with Gasteiger partial charge in [0.25, 0.3) is 0 Å². The fraction of sp³-hybridized carbons (Fsp3) is 0.538. The van der Waals surface area contributed by atoms with Crippen molar-refractivity contribution in [2.75, 3.05) is 0 Å². The van der Waals surface area contributed by atoms with Gasteiger partial charge < -0.3 is 5.11 Å². The number of hydrogen-bond donors (Lipinski definition) is 1. The van der Waals surface area contributed by atoms with Crippen LogP contribution in [0.15, 0.2) is 18.3 Å². The van der Waals surface area contributed by atoms with Crippen molar-refractivity contribution in [2.45, 2.75) is 38.3 Å². The maximum Gasteiger partial charge on any atom is 0.395 e. The molecule has 6 heteroatoms. The number of aromatic nitrogens is 1. The second-order valence-corrected chi connectivity index (χ2v) is 5.03. The van der Waals surface area contributed by atoms with Crippen LogP contribution < -0.4 is 0 Å². The molecule has 1 aromatic heterocycles. The van der Waals surface area contributed by atoms with Crippen molar-refractivity contribution in [2.24, 2.45) is 5.41 Å². The molecule has 0 saturated heterocycles. The second-order valence-electron chi connectivity index (χ2n) is 5.03. The fourth-order valence-electron chi connectivity index (χ4n) is 2.56. The molecule has 0 radical (unpaired) electrons. The van der Waals surface area contributed by atoms with E-state index in [2.05, 4.69) is 4.98 Å². The van der Waals surface area contributed by atoms with Gasteiger partial charge in [0.05, 0.1) is 11.8 Å². The number of rotatable bonds is 4. The van der Waals surface area contributed by atoms with Crippen molar-refractivity contribution < 1.29 is 23.1 Å². The van der Waals surface area contributed by atoms with Gasteiger partial charge in [0, 0.05) is 17.8 Å². The van der Waals surface area contributed by atoms with Crippen LogP contribution in [-0.2, 0) is 4.79 Å². The lowest BCUT2D eigenvalue weighted by Crippen LogP contribution is -2.32. The first-order valence-corrected chi connectivity index (χ1v) is 5.97. The van der Waals surface area contributed by atoms with E-state index in [9.17, 15) is 18.0 Å². The van der Waals surface area contributed by atoms with Gasteiger partial charge in [-0.1, -0.05) is 0 Å². The normalized spacial score (nSPS) is 18.9. The Morgan fingerprint density at radius 3 is 2.58 bits per heavy atom. The zero-order valence-electron chi connectivity index (χ0n) is 10.4. The predicted octanol–water partition coefficient (Wildman–Crippen LogP) is 3.29. The zero-order valence-corrected chi connectivity index (χ0v) is 10.4. The molecule has 0 amide bonds. The van der Waals surface area contributed by atoms with Crippen molar-refractivity contribution in [3.05, 3.63) is 29.6 Å². The van der Waals surface area contributed by atoms with E-state index >= 15 is 0 Å². The van der Waals surface area contributed by atoms with Gasteiger partial charge in [-0.05, 0) is 37.5 Å². The Bertz CT molecular complexity index is 495. The van der Waals surface area contributed by atoms with E-state index in [1.54, 1.807) is 13.0 Å². The molecular weight excluding hydrogens is 259 g/mol. The van der Waals surface area contributed by atoms with Crippen LogP contribution in [0.1, 0.15) is 36.4 Å². The van der Waals surface area contributed by atoms with Crippen LogP contribution in [0.5, 0.6) is 0 Å². The summed E-state index contributed by atoms with van der Waals surface area (Å²) < 4.78 is 39.5. The summed E-state index contributed by atoms with van der Waals surface area (Å²) in [5.41, 5.74) is -0.880. The van der Waals surface area contributed by atoms with E-state index < -0.39 is 29.9 Å². The molecular formula is C13H14F3NO2. The number of aryl methyl sites for hydroxylation is 1. The Morgan fingerprint density at radius 2 is 2.16 bits per heavy atom. The minimum atomic E-state index is -4.37. The molecule has 1 fully saturated rings. The molecule has 19 heavy (non-hydrogen) atoms. The van der Waals surface area contributed by atoms with Gasteiger partial charge in [-0.2, -0.15) is 13.2 Å². The maximum absolute atomic E-state index is 13.2. The third-order valence-corrected chi connectivity index (χ3v) is 3.72. The van der Waals surface area contributed by atoms with Crippen LogP contribution in [0.25, 0.3) is 0 Å². The Morgan fingerprint density at radius 1 is 1.53 bits per heavy atom. The molecule has 1 aliphatic carbocycles. The first-order chi connectivity index (χ1) is 8.76. The molecule has 104 valence electrons. The average molecular weight is 273 g/mol. The lowest BCUT2D eigenvalue weighted by Gasteiger charge is -2.28. The summed E-state index contributed by atoms with van der Waals surface area (Å²) in [7, 11) is 0. The number of carboxylic acid groups (broad SMARTS) is 1. The van der Waals surface area contributed by atoms with E-state index in [1.165, 1.54) is 12.3 Å². The smallest absolute Gasteiger partial charge is 0.395 e. The Kier molecular flexibility index (Phi) is 3.28. The predicted molar refractivity (Wildman–Crippen MR) is 61.7 cm³/mol. The minimum Gasteiger partial charge on any atom is -0.481 e. The molecule has 1 aromatic rings. The molecule has 1 aliphatic rings. The van der Waals surface area contributed by atoms with Gasteiger partial charge in [0.1, 0.15) is 0 Å². The third kappa shape index (κ3) is 2.57. The molecule has 1 unspecified atom stereocenters. The molecule has 2 rings (SSSR count). The first-order valence-electron chi connectivity index (χ1n) is 5.97. The third-order valence-electron chi connectivity index (χ3n) is 3.72. The van der Waals surface area contributed by atoms with Crippen LogP contribution in [-0.4, -0.2) is 22.2 Å². The summed E-state index contributed by atoms with van der Waals surface area (Å²) in [6.07, 6.45) is -3.47. The van der Waals surface area contributed by atoms with Crippen molar-refractivity contribution in [1.82, 2.24) is 4.98 Å². The maximum atomic E-state index is 13.2. The first kappa shape index (κ1) is 13.8. The largest absolute Gasteiger partial charge is 0.481 e. The number of pyridine rings is 1. The van der Waals surface area contributed by atoms with Gasteiger partial charge in [0.15, 0.2) is 0 Å². The number of hydrogen-bond acceptors (Lipinski definition) is 2. The monoisotopic (exact) mass is 273 g/mol. The Labute approximate surface area is 108 Å². The molecule has 0 aromatic carbocycles. The fourth-order valence-corrected chi connectivity index (χ4v) is 2.56. The lowest BCUT2D eigenvalue weighted by atomic mass is 9.80. The molecule has 1 saturated carbocycles. The van der Waals surface area contributed by atoms with E-state index in [1.807, 2.05) is 0 Å². The molecule has 1 atom stereocenters. The van der Waals surface area contributed by atoms with E-state index in [-0.39, 0.29) is 12.8 Å². The summed E-state index contributed by atoms with van der Waals surface area (Å²) in [4.78, 5) is 14.8. The van der Waals surface area contributed by atoms with Crippen LogP contribution in [0, 0.1) is 12.3 Å². The highest BCUT2D eigenvalue weighted by Gasteiger charge is 2.67. The number of halogens is 3. The number of carboxylic acids is 1. The minimum absolute atomic E-state index is 0.00415. The topological polar surface area (TPSA) is 50.2 Å². The van der Waals surface area contributed by atoms with E-state index in [4.69, 9.17) is 5.11 Å². The molecule has 0 bridgehead atoms. The SMILES string of the molecule is Cc1cc(C(CC(=O)O)C2(C(F)(F)F)CC2)ccn1. The van der Waals surface area contributed by atoms with E-state index in [0.29, 0.717) is 11.3 Å². The summed E-state index contributed by atoms with van der Waals surface area (Å²) in [5.74, 6) is -2.25. The van der Waals surface area contributed by atoms with Crippen LogP contribution in [0.3, 0.4) is 0 Å². The highest BCUT2D eigenvalue weighted by Crippen LogP contribution is 2.66. The summed E-state index contributed by atoms with van der Waals surface area (Å²) in [6, 6.07) is 3.02. The molecule has 1 heterocycles. The zero-order chi connectivity index (χ0) is 14.3. The Balaban J connectivity index is 2.40. The number of carbonyl (C=O) groups is 1. The van der Waals surface area contributed by atoms with E-state index in [0.717, 1.165) is 0 Å². The van der Waals surface area contributed by atoms with Crippen molar-refractivity contribution in [3.8, 4) is 0 Å². The van der Waals surface area contributed by atoms with Gasteiger partial charge in [-0.25, -0.2) is 0 Å². The standard InChI is InChI=1S/C13H14F3NO2/c1-8-6-9(2-5-17-8)10(7-11(18)19)12(3-4-12)13(14,15)16/h2,5-6,10H,3-4,7H2,1H3,(H,18,19). The molecule has 3 nitrogen and oxygen atoms in total. The summed E-state index contributed by atoms with van der Waals surface area (Å²) in [5, 5.41) is 8.89. The van der Waals surface area contributed by atoms with Crippen LogP contribution in [0.2, 0.25) is 0 Å². The van der Waals surface area contributed by atoms with Gasteiger partial charge in [-0.3, -0.25) is 9.78 Å². The number of nitrogens with zero attached hydrogens (tertiary/aromatic N) is 1. The number of aliphatic carboxylic acids is 1. The number of alkyl halides is 3. The van der Waals surface area contributed by atoms with Crippen molar-refractivity contribution in [3.63, 3.8) is 0 Å². The Hall–Kier alpha value is -1.59. The summed E-state index contributed by atoms with van der Waals surface area (Å²) >= 11 is 0. The van der Waals surface area contributed by atoms with Crippen LogP contribution >= 0.6 is 0 Å². The summed E-state index contributed by atoms with van der Waals surface area (Å²) in [6.45, 7) is 1.68. The molecule has 0 spiro atoms. The highest BCUT2D eigenvalue weighted by atomic mass is 19.4. The highest BCUT2D eigenvalue weighted by molar-refractivity contribution is 5.68. The van der Waals surface area contributed by atoms with Gasteiger partial charge in [-0.15, -0.1) is 0 Å². The second kappa shape index (κ2) is 4.51.